The third-order valence-corrected chi connectivity index (χ3v) is 3.62. The fraction of sp³-hybridized carbons (Fsp3) is 0.353. The maximum absolute atomic E-state index is 12.2. The number of benzene rings is 1. The largest absolute Gasteiger partial charge is 0.461 e. The van der Waals surface area contributed by atoms with E-state index in [1.807, 2.05) is 0 Å². The van der Waals surface area contributed by atoms with Crippen LogP contribution in [0.5, 0.6) is 0 Å². The molecule has 0 saturated heterocycles. The molecule has 0 spiro atoms. The van der Waals surface area contributed by atoms with E-state index in [0.717, 1.165) is 10.2 Å². The van der Waals surface area contributed by atoms with Crippen LogP contribution in [0.2, 0.25) is 5.02 Å². The smallest absolute Gasteiger partial charge is 0.361 e. The summed E-state index contributed by atoms with van der Waals surface area (Å²) in [6.07, 6.45) is 0. The van der Waals surface area contributed by atoms with E-state index in [-0.39, 0.29) is 37.7 Å². The molecule has 0 fully saturated rings. The fourth-order valence-electron chi connectivity index (χ4n) is 2.16. The first-order valence-corrected chi connectivity index (χ1v) is 8.62. The highest BCUT2D eigenvalue weighted by Gasteiger charge is 2.28. The molecule has 0 atom stereocenters. The van der Waals surface area contributed by atoms with Crippen LogP contribution >= 0.6 is 11.6 Å². The van der Waals surface area contributed by atoms with Gasteiger partial charge in [-0.25, -0.2) is 14.3 Å². The lowest BCUT2D eigenvalue weighted by atomic mass is 10.2. The normalized spacial score (nSPS) is 10.3. The van der Waals surface area contributed by atoms with Gasteiger partial charge in [0.2, 0.25) is 11.6 Å². The number of rotatable bonds is 8. The average Bonchev–Trinajstić information content (AvgIpc) is 3.05. The molecule has 9 nitrogen and oxygen atoms in total. The molecule has 1 aromatic carbocycles. The number of hydrogen-bond donors (Lipinski definition) is 1. The van der Waals surface area contributed by atoms with Crippen LogP contribution in [0.25, 0.3) is 0 Å². The van der Waals surface area contributed by atoms with Gasteiger partial charge < -0.3 is 14.8 Å². The topological polar surface area (TPSA) is 112 Å². The summed E-state index contributed by atoms with van der Waals surface area (Å²) in [6.45, 7) is 3.40. The maximum Gasteiger partial charge on any atom is 0.361 e. The van der Waals surface area contributed by atoms with Crippen LogP contribution in [0.1, 0.15) is 40.4 Å². The second-order valence-corrected chi connectivity index (χ2v) is 5.72. The Morgan fingerprint density at radius 3 is 2.33 bits per heavy atom. The number of nitrogens with one attached hydrogen (secondary N) is 1. The van der Waals surface area contributed by atoms with Crippen molar-refractivity contribution < 1.29 is 23.9 Å². The molecule has 10 heteroatoms. The average molecular weight is 395 g/mol. The molecule has 2 rings (SSSR count). The first kappa shape index (κ1) is 20.4. The van der Waals surface area contributed by atoms with E-state index >= 15 is 0 Å². The summed E-state index contributed by atoms with van der Waals surface area (Å²) < 4.78 is 10.8. The SMILES string of the molecule is CCOC(=O)c1nnn(CC(=O)NCc2ccc(Cl)cc2)c1C(=O)OCC. The summed E-state index contributed by atoms with van der Waals surface area (Å²) in [5, 5.41) is 10.7. The third-order valence-electron chi connectivity index (χ3n) is 3.37. The van der Waals surface area contributed by atoms with Crippen molar-refractivity contribution in [1.82, 2.24) is 20.3 Å². The van der Waals surface area contributed by atoms with Gasteiger partial charge in [-0.1, -0.05) is 28.9 Å². The van der Waals surface area contributed by atoms with Crippen molar-refractivity contribution in [2.75, 3.05) is 13.2 Å². The van der Waals surface area contributed by atoms with Gasteiger partial charge in [-0.05, 0) is 31.5 Å². The molecule has 0 aliphatic rings. The highest BCUT2D eigenvalue weighted by atomic mass is 35.5. The summed E-state index contributed by atoms with van der Waals surface area (Å²) in [5.74, 6) is -2.04. The number of hydrogen-bond acceptors (Lipinski definition) is 7. The summed E-state index contributed by atoms with van der Waals surface area (Å²) in [5.41, 5.74) is 0.335. The Hall–Kier alpha value is -2.94. The molecule has 1 heterocycles. The van der Waals surface area contributed by atoms with Crippen LogP contribution in [0.3, 0.4) is 0 Å². The van der Waals surface area contributed by atoms with Gasteiger partial charge in [0.15, 0.2) is 5.69 Å². The molecular weight excluding hydrogens is 376 g/mol. The van der Waals surface area contributed by atoms with Crippen LogP contribution in [-0.2, 0) is 27.4 Å². The minimum Gasteiger partial charge on any atom is -0.461 e. The second-order valence-electron chi connectivity index (χ2n) is 5.29. The Morgan fingerprint density at radius 1 is 1.07 bits per heavy atom. The van der Waals surface area contributed by atoms with Crippen molar-refractivity contribution in [1.29, 1.82) is 0 Å². The van der Waals surface area contributed by atoms with E-state index in [1.54, 1.807) is 38.1 Å². The predicted molar refractivity (Wildman–Crippen MR) is 95.2 cm³/mol. The molecule has 144 valence electrons. The number of halogens is 1. The first-order chi connectivity index (χ1) is 13.0. The number of carbonyl (C=O) groups is 3. The number of aromatic nitrogens is 3. The first-order valence-electron chi connectivity index (χ1n) is 8.25. The lowest BCUT2D eigenvalue weighted by Gasteiger charge is -2.08. The molecule has 0 bridgehead atoms. The number of esters is 2. The highest BCUT2D eigenvalue weighted by molar-refractivity contribution is 6.30. The molecule has 1 N–H and O–H groups in total. The van der Waals surface area contributed by atoms with Gasteiger partial charge in [-0.15, -0.1) is 5.10 Å². The summed E-state index contributed by atoms with van der Waals surface area (Å²) in [4.78, 5) is 36.3. The van der Waals surface area contributed by atoms with Crippen LogP contribution in [0.4, 0.5) is 0 Å². The van der Waals surface area contributed by atoms with Gasteiger partial charge in [0.05, 0.1) is 13.2 Å². The Labute approximate surface area is 160 Å². The number of carbonyl (C=O) groups excluding carboxylic acids is 3. The van der Waals surface area contributed by atoms with Gasteiger partial charge in [0, 0.05) is 11.6 Å². The zero-order valence-electron chi connectivity index (χ0n) is 14.9. The monoisotopic (exact) mass is 394 g/mol. The molecule has 0 aliphatic heterocycles. The molecule has 1 amide bonds. The van der Waals surface area contributed by atoms with Gasteiger partial charge in [-0.2, -0.15) is 0 Å². The lowest BCUT2D eigenvalue weighted by molar-refractivity contribution is -0.122. The van der Waals surface area contributed by atoms with Crippen LogP contribution < -0.4 is 5.32 Å². The summed E-state index contributed by atoms with van der Waals surface area (Å²) in [7, 11) is 0. The third kappa shape index (κ3) is 5.52. The van der Waals surface area contributed by atoms with E-state index in [9.17, 15) is 14.4 Å². The van der Waals surface area contributed by atoms with Crippen LogP contribution in [-0.4, -0.2) is 46.1 Å². The van der Waals surface area contributed by atoms with E-state index in [0.29, 0.717) is 5.02 Å². The van der Waals surface area contributed by atoms with Crippen LogP contribution in [0, 0.1) is 0 Å². The zero-order chi connectivity index (χ0) is 19.8. The van der Waals surface area contributed by atoms with Gasteiger partial charge in [-0.3, -0.25) is 4.79 Å². The zero-order valence-corrected chi connectivity index (χ0v) is 15.7. The van der Waals surface area contributed by atoms with E-state index in [4.69, 9.17) is 21.1 Å². The fourth-order valence-corrected chi connectivity index (χ4v) is 2.28. The van der Waals surface area contributed by atoms with Crippen molar-refractivity contribution in [3.8, 4) is 0 Å². The number of nitrogens with zero attached hydrogens (tertiary/aromatic N) is 3. The van der Waals surface area contributed by atoms with Gasteiger partial charge in [0.1, 0.15) is 6.54 Å². The second kappa shape index (κ2) is 9.67. The van der Waals surface area contributed by atoms with Crippen molar-refractivity contribution in [2.24, 2.45) is 0 Å². The van der Waals surface area contributed by atoms with Gasteiger partial charge in [0.25, 0.3) is 0 Å². The van der Waals surface area contributed by atoms with E-state index < -0.39 is 17.8 Å². The minimum absolute atomic E-state index is 0.0923. The minimum atomic E-state index is -0.812. The molecule has 0 radical (unpaired) electrons. The molecule has 0 saturated carbocycles. The van der Waals surface area contributed by atoms with Crippen molar-refractivity contribution >= 4 is 29.4 Å². The molecule has 0 aliphatic carbocycles. The molecule has 27 heavy (non-hydrogen) atoms. The Kier molecular flexibility index (Phi) is 7.30. The van der Waals surface area contributed by atoms with Crippen molar-refractivity contribution in [2.45, 2.75) is 26.9 Å². The Balaban J connectivity index is 2.11. The van der Waals surface area contributed by atoms with Crippen molar-refractivity contribution in [3.63, 3.8) is 0 Å². The molecule has 0 unspecified atom stereocenters. The Morgan fingerprint density at radius 2 is 1.70 bits per heavy atom. The standard InChI is InChI=1S/C17H19ClN4O5/c1-3-26-16(24)14-15(17(25)27-4-2)22(21-20-14)10-13(23)19-9-11-5-7-12(18)8-6-11/h5-8H,3-4,9-10H2,1-2H3,(H,19,23). The highest BCUT2D eigenvalue weighted by Crippen LogP contribution is 2.11. The molecule has 2 aromatic rings. The molecule has 1 aromatic heterocycles. The molecular formula is C17H19ClN4O5. The number of ether oxygens (including phenoxy) is 2. The van der Waals surface area contributed by atoms with E-state index in [2.05, 4.69) is 15.6 Å². The summed E-state index contributed by atoms with van der Waals surface area (Å²) >= 11 is 5.82. The van der Waals surface area contributed by atoms with E-state index in [1.165, 1.54) is 0 Å². The van der Waals surface area contributed by atoms with Crippen molar-refractivity contribution in [3.05, 3.63) is 46.2 Å². The summed E-state index contributed by atoms with van der Waals surface area (Å²) in [6, 6.07) is 6.98. The lowest BCUT2D eigenvalue weighted by Crippen LogP contribution is -2.29. The quantitative estimate of drug-likeness (QED) is 0.676. The van der Waals surface area contributed by atoms with Gasteiger partial charge >= 0.3 is 11.9 Å². The Bertz CT molecular complexity index is 819. The predicted octanol–water partition coefficient (Wildman–Crippen LogP) is 1.60. The maximum atomic E-state index is 12.2. The number of amides is 1. The van der Waals surface area contributed by atoms with Crippen LogP contribution in [0.15, 0.2) is 24.3 Å².